The van der Waals surface area contributed by atoms with Gasteiger partial charge in [0.25, 0.3) is 0 Å². The quantitative estimate of drug-likeness (QED) is 0.321. The van der Waals surface area contributed by atoms with Gasteiger partial charge in [-0.15, -0.1) is 24.0 Å². The maximum absolute atomic E-state index is 5.37. The molecule has 0 unspecified atom stereocenters. The molecule has 0 bridgehead atoms. The first-order valence-corrected chi connectivity index (χ1v) is 9.28. The van der Waals surface area contributed by atoms with Crippen LogP contribution in [0.25, 0.3) is 0 Å². The summed E-state index contributed by atoms with van der Waals surface area (Å²) in [6.07, 6.45) is 2.05. The number of aliphatic imine (C=N–C) groups is 1. The predicted molar refractivity (Wildman–Crippen MR) is 124 cm³/mol. The van der Waals surface area contributed by atoms with Gasteiger partial charge in [0.15, 0.2) is 17.5 Å². The molecule has 0 saturated heterocycles. The molecule has 1 aromatic heterocycles. The van der Waals surface area contributed by atoms with Crippen molar-refractivity contribution in [2.24, 2.45) is 12.0 Å². The summed E-state index contributed by atoms with van der Waals surface area (Å²) in [6.45, 7) is 4.20. The van der Waals surface area contributed by atoms with Gasteiger partial charge in [-0.25, -0.2) is 4.99 Å². The van der Waals surface area contributed by atoms with Crippen LogP contribution in [0.1, 0.15) is 18.2 Å². The number of guanidine groups is 1. The van der Waals surface area contributed by atoms with Gasteiger partial charge in [0.05, 0.1) is 27.3 Å². The number of hydrogen-bond donors (Lipinski definition) is 1. The summed E-state index contributed by atoms with van der Waals surface area (Å²) in [7, 11) is 7.36. The van der Waals surface area contributed by atoms with Gasteiger partial charge in [-0.05, 0) is 46.6 Å². The normalized spacial score (nSPS) is 11.0. The van der Waals surface area contributed by atoms with E-state index >= 15 is 0 Å². The lowest BCUT2D eigenvalue weighted by Crippen LogP contribution is -2.38. The van der Waals surface area contributed by atoms with Crippen molar-refractivity contribution in [2.45, 2.75) is 20.0 Å². The molecule has 1 N–H and O–H groups in total. The van der Waals surface area contributed by atoms with Crippen LogP contribution in [-0.2, 0) is 20.1 Å². The number of hydrogen-bond acceptors (Lipinski definition) is 3. The van der Waals surface area contributed by atoms with Crippen LogP contribution in [-0.4, -0.2) is 43.2 Å². The zero-order valence-electron chi connectivity index (χ0n) is 16.5. The van der Waals surface area contributed by atoms with Crippen molar-refractivity contribution < 1.29 is 9.47 Å². The van der Waals surface area contributed by atoms with E-state index < -0.39 is 0 Å². The summed E-state index contributed by atoms with van der Waals surface area (Å²) in [6, 6.07) is 7.99. The van der Waals surface area contributed by atoms with Crippen molar-refractivity contribution in [2.75, 3.05) is 27.8 Å². The maximum Gasteiger partial charge on any atom is 0.194 e. The molecule has 2 aromatic rings. The monoisotopic (exact) mass is 550 g/mol. The predicted octanol–water partition coefficient (Wildman–Crippen LogP) is 4.02. The maximum atomic E-state index is 5.37. The van der Waals surface area contributed by atoms with E-state index in [-0.39, 0.29) is 24.0 Å². The highest BCUT2D eigenvalue weighted by atomic mass is 127. The Kier molecular flexibility index (Phi) is 10.00. The molecule has 0 aliphatic rings. The minimum Gasteiger partial charge on any atom is -0.493 e. The largest absolute Gasteiger partial charge is 0.493 e. The summed E-state index contributed by atoms with van der Waals surface area (Å²) in [5.74, 6) is 2.30. The highest BCUT2D eigenvalue weighted by Gasteiger charge is 2.10. The molecule has 150 valence electrons. The Morgan fingerprint density at radius 3 is 2.48 bits per heavy atom. The van der Waals surface area contributed by atoms with Crippen LogP contribution in [0.5, 0.6) is 11.5 Å². The number of ether oxygens (including phenoxy) is 2. The Hall–Kier alpha value is -1.42. The number of methoxy groups -OCH3 is 2. The fourth-order valence-electron chi connectivity index (χ4n) is 2.66. The molecule has 1 aromatic carbocycles. The molecule has 6 nitrogen and oxygen atoms in total. The van der Waals surface area contributed by atoms with Gasteiger partial charge < -0.3 is 24.3 Å². The first-order chi connectivity index (χ1) is 12.5. The smallest absolute Gasteiger partial charge is 0.194 e. The first-order valence-electron chi connectivity index (χ1n) is 8.49. The number of benzene rings is 1. The number of aryl methyl sites for hydroxylation is 1. The van der Waals surface area contributed by atoms with E-state index in [2.05, 4.69) is 49.9 Å². The first kappa shape index (κ1) is 23.6. The van der Waals surface area contributed by atoms with Crippen molar-refractivity contribution in [3.05, 3.63) is 46.2 Å². The van der Waals surface area contributed by atoms with Crippen molar-refractivity contribution in [1.29, 1.82) is 0 Å². The second kappa shape index (κ2) is 11.4. The molecule has 27 heavy (non-hydrogen) atoms. The van der Waals surface area contributed by atoms with Crippen molar-refractivity contribution >= 4 is 45.9 Å². The average Bonchev–Trinajstić information content (AvgIpc) is 2.95. The molecule has 1 heterocycles. The van der Waals surface area contributed by atoms with Gasteiger partial charge in [-0.2, -0.15) is 0 Å². The number of halogens is 2. The summed E-state index contributed by atoms with van der Waals surface area (Å²) >= 11 is 3.52. The highest BCUT2D eigenvalue weighted by molar-refractivity contribution is 14.0. The number of rotatable bonds is 7. The highest BCUT2D eigenvalue weighted by Crippen LogP contribution is 2.27. The minimum absolute atomic E-state index is 0. The van der Waals surface area contributed by atoms with Crippen LogP contribution in [0.15, 0.2) is 39.9 Å². The van der Waals surface area contributed by atoms with Crippen LogP contribution in [0, 0.1) is 0 Å². The lowest BCUT2D eigenvalue weighted by molar-refractivity contribution is 0.354. The number of aromatic nitrogens is 1. The zero-order valence-corrected chi connectivity index (χ0v) is 20.4. The molecule has 0 amide bonds. The summed E-state index contributed by atoms with van der Waals surface area (Å²) < 4.78 is 13.8. The van der Waals surface area contributed by atoms with Gasteiger partial charge in [0, 0.05) is 37.0 Å². The fraction of sp³-hybridized carbons (Fsp3) is 0.421. The average molecular weight is 551 g/mol. The molecule has 2 rings (SSSR count). The van der Waals surface area contributed by atoms with Crippen molar-refractivity contribution in [1.82, 2.24) is 14.8 Å². The summed E-state index contributed by atoms with van der Waals surface area (Å²) in [4.78, 5) is 6.88. The van der Waals surface area contributed by atoms with E-state index in [0.717, 1.165) is 34.8 Å². The lowest BCUT2D eigenvalue weighted by Gasteiger charge is -2.22. The standard InChI is InChI=1S/C19H27BrN4O2.HI/c1-6-21-19(24(3)13-16-10-15(20)12-23(16)2)22-11-14-7-8-17(25-4)18(9-14)26-5;/h7-10,12H,6,11,13H2,1-5H3,(H,21,22);1H. The third kappa shape index (κ3) is 6.60. The molecule has 0 fully saturated rings. The third-order valence-corrected chi connectivity index (χ3v) is 4.46. The Morgan fingerprint density at radius 2 is 1.93 bits per heavy atom. The lowest BCUT2D eigenvalue weighted by atomic mass is 10.2. The second-order valence-corrected chi connectivity index (χ2v) is 6.89. The molecule has 0 atom stereocenters. The van der Waals surface area contributed by atoms with Crippen molar-refractivity contribution in [3.63, 3.8) is 0 Å². The SMILES string of the molecule is CCNC(=NCc1ccc(OC)c(OC)c1)N(C)Cc1cc(Br)cn1C.I. The number of nitrogens with zero attached hydrogens (tertiary/aromatic N) is 3. The van der Waals surface area contributed by atoms with Crippen LogP contribution < -0.4 is 14.8 Å². The van der Waals surface area contributed by atoms with E-state index in [1.165, 1.54) is 5.69 Å². The Balaban J connectivity index is 0.00000364. The Labute approximate surface area is 187 Å². The number of nitrogens with one attached hydrogen (secondary N) is 1. The van der Waals surface area contributed by atoms with Crippen LogP contribution in [0.3, 0.4) is 0 Å². The van der Waals surface area contributed by atoms with E-state index in [9.17, 15) is 0 Å². The third-order valence-electron chi connectivity index (χ3n) is 4.03. The van der Waals surface area contributed by atoms with Gasteiger partial charge in [-0.3, -0.25) is 0 Å². The van der Waals surface area contributed by atoms with Crippen LogP contribution in [0.4, 0.5) is 0 Å². The van der Waals surface area contributed by atoms with Gasteiger partial charge in [0.2, 0.25) is 0 Å². The molecule has 0 aliphatic heterocycles. The Bertz CT molecular complexity index is 764. The zero-order chi connectivity index (χ0) is 19.1. The Morgan fingerprint density at radius 1 is 1.22 bits per heavy atom. The van der Waals surface area contributed by atoms with E-state index in [1.807, 2.05) is 32.3 Å². The molecule has 0 saturated carbocycles. The van der Waals surface area contributed by atoms with Gasteiger partial charge >= 0.3 is 0 Å². The van der Waals surface area contributed by atoms with Gasteiger partial charge in [-0.1, -0.05) is 6.07 Å². The van der Waals surface area contributed by atoms with E-state index in [0.29, 0.717) is 12.3 Å². The summed E-state index contributed by atoms with van der Waals surface area (Å²) in [5, 5.41) is 3.35. The molecular formula is C19H28BrIN4O2. The van der Waals surface area contributed by atoms with E-state index in [1.54, 1.807) is 14.2 Å². The topological polar surface area (TPSA) is 51.0 Å². The van der Waals surface area contributed by atoms with Crippen molar-refractivity contribution in [3.8, 4) is 11.5 Å². The molecule has 0 aliphatic carbocycles. The van der Waals surface area contributed by atoms with Gasteiger partial charge in [0.1, 0.15) is 0 Å². The van der Waals surface area contributed by atoms with Crippen LogP contribution >= 0.6 is 39.9 Å². The minimum atomic E-state index is 0. The molecule has 8 heteroatoms. The van der Waals surface area contributed by atoms with Crippen LogP contribution in [0.2, 0.25) is 0 Å². The molecule has 0 radical (unpaired) electrons. The summed E-state index contributed by atoms with van der Waals surface area (Å²) in [5.41, 5.74) is 2.27. The fourth-order valence-corrected chi connectivity index (χ4v) is 3.23. The second-order valence-electron chi connectivity index (χ2n) is 5.98. The van der Waals surface area contributed by atoms with E-state index in [4.69, 9.17) is 14.5 Å². The molecule has 0 spiro atoms. The molecular weight excluding hydrogens is 523 g/mol.